The van der Waals surface area contributed by atoms with Crippen LogP contribution in [0.3, 0.4) is 0 Å². The zero-order chi connectivity index (χ0) is 10.8. The Bertz CT molecular complexity index is 382. The second-order valence-corrected chi connectivity index (χ2v) is 3.51. The van der Waals surface area contributed by atoms with Crippen LogP contribution < -0.4 is 10.6 Å². The molecule has 6 nitrogen and oxygen atoms in total. The van der Waals surface area contributed by atoms with Crippen LogP contribution >= 0.6 is 0 Å². The van der Waals surface area contributed by atoms with E-state index in [-0.39, 0.29) is 12.0 Å². The van der Waals surface area contributed by atoms with Crippen molar-refractivity contribution in [3.63, 3.8) is 0 Å². The van der Waals surface area contributed by atoms with Gasteiger partial charge < -0.3 is 20.7 Å². The summed E-state index contributed by atoms with van der Waals surface area (Å²) in [5.74, 6) is -0.116. The summed E-state index contributed by atoms with van der Waals surface area (Å²) in [5.41, 5.74) is 6.38. The quantitative estimate of drug-likeness (QED) is 0.575. The number of nitrogens with zero attached hydrogens (tertiary/aromatic N) is 3. The SMILES string of the molecule is N[C@@H]1CCCN1c1cccnc1[N+](=O)[O-]. The van der Waals surface area contributed by atoms with E-state index < -0.39 is 4.92 Å². The number of aromatic nitrogens is 1. The Morgan fingerprint density at radius 1 is 1.67 bits per heavy atom. The molecule has 1 atom stereocenters. The molecule has 1 aliphatic rings. The van der Waals surface area contributed by atoms with Crippen LogP contribution in [0.25, 0.3) is 0 Å². The van der Waals surface area contributed by atoms with Crippen LogP contribution in [0, 0.1) is 10.1 Å². The van der Waals surface area contributed by atoms with Gasteiger partial charge in [0, 0.05) is 6.54 Å². The molecule has 15 heavy (non-hydrogen) atoms. The second kappa shape index (κ2) is 3.82. The van der Waals surface area contributed by atoms with Crippen LogP contribution in [-0.2, 0) is 0 Å². The summed E-state index contributed by atoms with van der Waals surface area (Å²) in [5, 5.41) is 10.8. The highest BCUT2D eigenvalue weighted by Gasteiger charge is 2.27. The molecule has 0 saturated carbocycles. The second-order valence-electron chi connectivity index (χ2n) is 3.51. The molecule has 2 heterocycles. The van der Waals surface area contributed by atoms with Crippen molar-refractivity contribution in [2.24, 2.45) is 5.73 Å². The molecule has 2 rings (SSSR count). The molecular formula is C9H12N4O2. The fourth-order valence-electron chi connectivity index (χ4n) is 1.84. The lowest BCUT2D eigenvalue weighted by Gasteiger charge is -2.22. The fraction of sp³-hybridized carbons (Fsp3) is 0.444. The highest BCUT2D eigenvalue weighted by atomic mass is 16.6. The summed E-state index contributed by atoms with van der Waals surface area (Å²) >= 11 is 0. The lowest BCUT2D eigenvalue weighted by molar-refractivity contribution is -0.388. The minimum Gasteiger partial charge on any atom is -0.358 e. The van der Waals surface area contributed by atoms with Crippen molar-refractivity contribution in [2.45, 2.75) is 19.0 Å². The standard InChI is InChI=1S/C9H12N4O2/c10-8-4-2-6-12(8)7-3-1-5-11-9(7)13(14)15/h1,3,5,8H,2,4,6,10H2/t8-/m0/s1. The van der Waals surface area contributed by atoms with E-state index in [4.69, 9.17) is 5.73 Å². The van der Waals surface area contributed by atoms with Crippen molar-refractivity contribution in [2.75, 3.05) is 11.4 Å². The Balaban J connectivity index is 2.38. The predicted molar refractivity (Wildman–Crippen MR) is 55.4 cm³/mol. The summed E-state index contributed by atoms with van der Waals surface area (Å²) < 4.78 is 0. The minimum absolute atomic E-state index is 0.116. The Kier molecular flexibility index (Phi) is 2.51. The molecule has 0 spiro atoms. The molecule has 1 fully saturated rings. The first-order valence-corrected chi connectivity index (χ1v) is 4.82. The maximum atomic E-state index is 10.8. The topological polar surface area (TPSA) is 85.3 Å². The number of nitrogens with two attached hydrogens (primary N) is 1. The van der Waals surface area contributed by atoms with Crippen molar-refractivity contribution >= 4 is 11.5 Å². The smallest absolute Gasteiger partial charge is 0.358 e. The summed E-state index contributed by atoms with van der Waals surface area (Å²) in [4.78, 5) is 15.9. The molecule has 0 unspecified atom stereocenters. The Hall–Kier alpha value is -1.69. The van der Waals surface area contributed by atoms with E-state index in [0.29, 0.717) is 5.69 Å². The normalized spacial score (nSPS) is 20.6. The minimum atomic E-state index is -0.472. The van der Waals surface area contributed by atoms with Gasteiger partial charge in [0.1, 0.15) is 11.9 Å². The van der Waals surface area contributed by atoms with Crippen molar-refractivity contribution in [1.29, 1.82) is 0 Å². The molecular weight excluding hydrogens is 196 g/mol. The highest BCUT2D eigenvalue weighted by molar-refractivity contribution is 5.59. The summed E-state index contributed by atoms with van der Waals surface area (Å²) in [6, 6.07) is 3.38. The summed E-state index contributed by atoms with van der Waals surface area (Å²) in [7, 11) is 0. The first-order valence-electron chi connectivity index (χ1n) is 4.82. The van der Waals surface area contributed by atoms with Gasteiger partial charge in [0.25, 0.3) is 0 Å². The number of rotatable bonds is 2. The molecule has 2 N–H and O–H groups in total. The van der Waals surface area contributed by atoms with E-state index in [1.807, 2.05) is 4.90 Å². The van der Waals surface area contributed by atoms with Gasteiger partial charge in [-0.1, -0.05) is 0 Å². The Labute approximate surface area is 86.9 Å². The van der Waals surface area contributed by atoms with E-state index in [1.54, 1.807) is 12.1 Å². The fourth-order valence-corrected chi connectivity index (χ4v) is 1.84. The van der Waals surface area contributed by atoms with Crippen molar-refractivity contribution in [1.82, 2.24) is 4.98 Å². The van der Waals surface area contributed by atoms with Crippen molar-refractivity contribution in [3.8, 4) is 0 Å². The average Bonchev–Trinajstić information content (AvgIpc) is 2.64. The first kappa shape index (κ1) is 9.85. The van der Waals surface area contributed by atoms with Crippen LogP contribution in [0.2, 0.25) is 0 Å². The molecule has 1 saturated heterocycles. The van der Waals surface area contributed by atoms with Gasteiger partial charge in [-0.2, -0.15) is 0 Å². The van der Waals surface area contributed by atoms with Crippen LogP contribution in [0.5, 0.6) is 0 Å². The molecule has 0 bridgehead atoms. The summed E-state index contributed by atoms with van der Waals surface area (Å²) in [6.45, 7) is 0.758. The van der Waals surface area contributed by atoms with E-state index in [9.17, 15) is 10.1 Å². The average molecular weight is 208 g/mol. The van der Waals surface area contributed by atoms with E-state index in [2.05, 4.69) is 4.98 Å². The maximum absolute atomic E-state index is 10.8. The summed E-state index contributed by atoms with van der Waals surface area (Å²) in [6.07, 6.45) is 3.12. The van der Waals surface area contributed by atoms with Gasteiger partial charge in [-0.25, -0.2) is 0 Å². The molecule has 0 radical (unpaired) electrons. The molecule has 0 aromatic carbocycles. The van der Waals surface area contributed by atoms with Crippen molar-refractivity contribution < 1.29 is 4.92 Å². The highest BCUT2D eigenvalue weighted by Crippen LogP contribution is 2.29. The van der Waals surface area contributed by atoms with E-state index >= 15 is 0 Å². The van der Waals surface area contributed by atoms with Crippen LogP contribution in [0.15, 0.2) is 18.3 Å². The van der Waals surface area contributed by atoms with Crippen molar-refractivity contribution in [3.05, 3.63) is 28.4 Å². The van der Waals surface area contributed by atoms with Gasteiger partial charge in [0.05, 0.1) is 6.17 Å². The Morgan fingerprint density at radius 3 is 3.07 bits per heavy atom. The van der Waals surface area contributed by atoms with Crippen LogP contribution in [0.4, 0.5) is 11.5 Å². The maximum Gasteiger partial charge on any atom is 0.387 e. The first-order chi connectivity index (χ1) is 7.20. The largest absolute Gasteiger partial charge is 0.387 e. The van der Waals surface area contributed by atoms with Gasteiger partial charge >= 0.3 is 5.82 Å². The molecule has 1 aliphatic heterocycles. The monoisotopic (exact) mass is 208 g/mol. The lowest BCUT2D eigenvalue weighted by Crippen LogP contribution is -2.36. The number of nitro groups is 1. The molecule has 1 aromatic heterocycles. The molecule has 6 heteroatoms. The molecule has 1 aromatic rings. The predicted octanol–water partition coefficient (Wildman–Crippen LogP) is 0.875. The van der Waals surface area contributed by atoms with Gasteiger partial charge in [0.15, 0.2) is 0 Å². The Morgan fingerprint density at radius 2 is 2.47 bits per heavy atom. The van der Waals surface area contributed by atoms with Gasteiger partial charge in [-0.3, -0.25) is 0 Å². The molecule has 80 valence electrons. The van der Waals surface area contributed by atoms with Crippen LogP contribution in [0.1, 0.15) is 12.8 Å². The zero-order valence-corrected chi connectivity index (χ0v) is 8.17. The third kappa shape index (κ3) is 1.75. The van der Waals surface area contributed by atoms with Crippen LogP contribution in [-0.4, -0.2) is 22.6 Å². The van der Waals surface area contributed by atoms with Gasteiger partial charge in [-0.15, -0.1) is 0 Å². The number of pyridine rings is 1. The third-order valence-corrected chi connectivity index (χ3v) is 2.55. The van der Waals surface area contributed by atoms with E-state index in [0.717, 1.165) is 19.4 Å². The third-order valence-electron chi connectivity index (χ3n) is 2.55. The van der Waals surface area contributed by atoms with Gasteiger partial charge in [0.2, 0.25) is 0 Å². The molecule has 0 amide bonds. The molecule has 0 aliphatic carbocycles. The number of hydrogen-bond acceptors (Lipinski definition) is 5. The zero-order valence-electron chi connectivity index (χ0n) is 8.17. The number of anilines is 1. The number of hydrogen-bond donors (Lipinski definition) is 1. The van der Waals surface area contributed by atoms with E-state index in [1.165, 1.54) is 6.20 Å². The lowest BCUT2D eigenvalue weighted by atomic mass is 10.3. The van der Waals surface area contributed by atoms with Gasteiger partial charge in [-0.05, 0) is 34.9 Å².